The number of pyridine rings is 1. The van der Waals surface area contributed by atoms with E-state index in [0.717, 1.165) is 63.0 Å². The Hall–Kier alpha value is -4.12. The van der Waals surface area contributed by atoms with Crippen LogP contribution in [0.15, 0.2) is 41.5 Å². The topological polar surface area (TPSA) is 102 Å². The molecule has 1 fully saturated rings. The smallest absolute Gasteiger partial charge is 0.259 e. The van der Waals surface area contributed by atoms with Crippen LogP contribution in [0.2, 0.25) is 0 Å². The lowest BCUT2D eigenvalue weighted by Crippen LogP contribution is -2.44. The second kappa shape index (κ2) is 11.0. The highest BCUT2D eigenvalue weighted by Crippen LogP contribution is 2.31. The largest absolute Gasteiger partial charge is 0.477 e. The van der Waals surface area contributed by atoms with Crippen molar-refractivity contribution in [2.45, 2.75) is 32.7 Å². The number of rotatable bonds is 2. The van der Waals surface area contributed by atoms with Gasteiger partial charge in [-0.2, -0.15) is 5.10 Å². The van der Waals surface area contributed by atoms with Crippen molar-refractivity contribution in [3.05, 3.63) is 52.6 Å². The van der Waals surface area contributed by atoms with Crippen LogP contribution in [0.25, 0.3) is 22.2 Å². The van der Waals surface area contributed by atoms with Gasteiger partial charge in [0.1, 0.15) is 0 Å². The summed E-state index contributed by atoms with van der Waals surface area (Å²) < 4.78 is 11.4. The van der Waals surface area contributed by atoms with Gasteiger partial charge in [0.25, 0.3) is 11.5 Å². The number of fused-ring (bicyclic) bond motifs is 7. The summed E-state index contributed by atoms with van der Waals surface area (Å²) in [5.74, 6) is 1.08. The van der Waals surface area contributed by atoms with Crippen molar-refractivity contribution in [1.82, 2.24) is 28.8 Å². The Balaban J connectivity index is 1.44. The Morgan fingerprint density at radius 1 is 1.05 bits per heavy atom. The van der Waals surface area contributed by atoms with Gasteiger partial charge in [-0.3, -0.25) is 14.9 Å². The number of anilines is 2. The van der Waals surface area contributed by atoms with Crippen LogP contribution in [0.5, 0.6) is 5.88 Å². The van der Waals surface area contributed by atoms with Crippen molar-refractivity contribution in [2.75, 3.05) is 50.1 Å². The van der Waals surface area contributed by atoms with Gasteiger partial charge in [0.05, 0.1) is 40.5 Å². The molecule has 0 radical (unpaired) electrons. The molecule has 41 heavy (non-hydrogen) atoms. The SMILES string of the molecule is CCC1CCCOc2c(cnn2C)-c2cc(cn(C)c2=O)C(=O)Nc2nc3ccc(N4CCN(C)CC4)cc3n2C1. The van der Waals surface area contributed by atoms with Crippen molar-refractivity contribution in [3.63, 3.8) is 0 Å². The number of ether oxygens (including phenoxy) is 1. The Kier molecular flexibility index (Phi) is 7.29. The third-order valence-corrected chi connectivity index (χ3v) is 8.46. The molecule has 2 aliphatic heterocycles. The van der Waals surface area contributed by atoms with Crippen LogP contribution in [0.3, 0.4) is 0 Å². The van der Waals surface area contributed by atoms with Crippen LogP contribution in [-0.2, 0) is 20.6 Å². The fourth-order valence-corrected chi connectivity index (χ4v) is 5.86. The van der Waals surface area contributed by atoms with Gasteiger partial charge >= 0.3 is 0 Å². The molecule has 0 aliphatic carbocycles. The summed E-state index contributed by atoms with van der Waals surface area (Å²) in [4.78, 5) is 36.5. The average molecular weight is 559 g/mol. The molecule has 5 heterocycles. The van der Waals surface area contributed by atoms with Crippen LogP contribution in [0.4, 0.5) is 11.6 Å². The molecule has 6 rings (SSSR count). The first kappa shape index (κ1) is 27.1. The lowest BCUT2D eigenvalue weighted by Gasteiger charge is -2.34. The maximum atomic E-state index is 13.7. The number of carbonyl (C=O) groups excluding carboxylic acids is 1. The minimum Gasteiger partial charge on any atom is -0.477 e. The maximum Gasteiger partial charge on any atom is 0.259 e. The van der Waals surface area contributed by atoms with Crippen molar-refractivity contribution in [3.8, 4) is 17.0 Å². The second-order valence-corrected chi connectivity index (χ2v) is 11.3. The number of aryl methyl sites for hydroxylation is 2. The number of piperazine rings is 1. The number of aromatic nitrogens is 5. The fourth-order valence-electron chi connectivity index (χ4n) is 5.86. The molecule has 1 amide bonds. The monoisotopic (exact) mass is 558 g/mol. The van der Waals surface area contributed by atoms with E-state index in [1.165, 1.54) is 10.3 Å². The lowest BCUT2D eigenvalue weighted by atomic mass is 10.0. The van der Waals surface area contributed by atoms with E-state index in [9.17, 15) is 9.59 Å². The van der Waals surface area contributed by atoms with E-state index >= 15 is 0 Å². The summed E-state index contributed by atoms with van der Waals surface area (Å²) >= 11 is 0. The third-order valence-electron chi connectivity index (χ3n) is 8.46. The minimum atomic E-state index is -0.327. The van der Waals surface area contributed by atoms with E-state index in [4.69, 9.17) is 9.72 Å². The number of nitrogens with one attached hydrogen (secondary N) is 1. The first-order chi connectivity index (χ1) is 19.8. The van der Waals surface area contributed by atoms with Crippen LogP contribution >= 0.6 is 0 Å². The molecule has 0 saturated carbocycles. The Bertz CT molecular complexity index is 1640. The quantitative estimate of drug-likeness (QED) is 0.403. The zero-order valence-corrected chi connectivity index (χ0v) is 24.3. The average Bonchev–Trinajstić information content (AvgIpc) is 3.50. The molecule has 1 N–H and O–H groups in total. The Labute approximate surface area is 239 Å². The summed E-state index contributed by atoms with van der Waals surface area (Å²) in [6, 6.07) is 8.01. The number of likely N-dealkylation sites (N-methyl/N-ethyl adjacent to an activating group) is 1. The summed E-state index contributed by atoms with van der Waals surface area (Å²) in [7, 11) is 5.60. The Morgan fingerprint density at radius 2 is 1.85 bits per heavy atom. The molecular weight excluding hydrogens is 520 g/mol. The predicted octanol–water partition coefficient (Wildman–Crippen LogP) is 3.34. The van der Waals surface area contributed by atoms with Gasteiger partial charge in [-0.05, 0) is 50.1 Å². The van der Waals surface area contributed by atoms with Gasteiger partial charge in [0.2, 0.25) is 11.8 Å². The molecule has 4 aromatic rings. The van der Waals surface area contributed by atoms with Gasteiger partial charge in [-0.15, -0.1) is 0 Å². The van der Waals surface area contributed by atoms with Gasteiger partial charge in [-0.1, -0.05) is 13.3 Å². The number of hydrogen-bond acceptors (Lipinski definition) is 7. The van der Waals surface area contributed by atoms with Crippen LogP contribution < -0.4 is 20.5 Å². The molecule has 0 spiro atoms. The number of imidazole rings is 1. The highest BCUT2D eigenvalue weighted by molar-refractivity contribution is 6.04. The van der Waals surface area contributed by atoms with Crippen LogP contribution in [0, 0.1) is 5.92 Å². The molecule has 11 heteroatoms. The third kappa shape index (κ3) is 5.21. The van der Waals surface area contributed by atoms with Crippen molar-refractivity contribution >= 4 is 28.6 Å². The normalized spacial score (nSPS) is 18.7. The summed E-state index contributed by atoms with van der Waals surface area (Å²) in [6.45, 7) is 7.44. The Morgan fingerprint density at radius 3 is 2.63 bits per heavy atom. The number of benzene rings is 1. The number of carbonyl (C=O) groups is 1. The number of amides is 1. The fraction of sp³-hybridized carbons (Fsp3) is 0.467. The molecule has 3 aromatic heterocycles. The van der Waals surface area contributed by atoms with Crippen LogP contribution in [-0.4, -0.2) is 74.5 Å². The molecule has 216 valence electrons. The number of nitrogens with zero attached hydrogens (tertiary/aromatic N) is 7. The van der Waals surface area contributed by atoms with Gasteiger partial charge in [0.15, 0.2) is 0 Å². The molecule has 2 bridgehead atoms. The molecule has 2 aliphatic rings. The van der Waals surface area contributed by atoms with Gasteiger partial charge in [-0.25, -0.2) is 9.67 Å². The molecule has 1 saturated heterocycles. The molecule has 1 unspecified atom stereocenters. The van der Waals surface area contributed by atoms with Gasteiger partial charge < -0.3 is 23.7 Å². The first-order valence-corrected chi connectivity index (χ1v) is 14.4. The van der Waals surface area contributed by atoms with E-state index in [1.807, 2.05) is 0 Å². The van der Waals surface area contributed by atoms with Gasteiger partial charge in [0, 0.05) is 58.7 Å². The van der Waals surface area contributed by atoms with E-state index in [1.54, 1.807) is 37.2 Å². The summed E-state index contributed by atoms with van der Waals surface area (Å²) in [5, 5.41) is 7.42. The zero-order chi connectivity index (χ0) is 28.7. The zero-order valence-electron chi connectivity index (χ0n) is 24.3. The molecule has 1 atom stereocenters. The first-order valence-electron chi connectivity index (χ1n) is 14.4. The van der Waals surface area contributed by atoms with Crippen LogP contribution in [0.1, 0.15) is 36.5 Å². The van der Waals surface area contributed by atoms with Crippen molar-refractivity contribution in [2.24, 2.45) is 20.0 Å². The molecular formula is C30H38N8O3. The molecule has 11 nitrogen and oxygen atoms in total. The summed E-state index contributed by atoms with van der Waals surface area (Å²) in [6.07, 6.45) is 5.96. The number of hydrogen-bond donors (Lipinski definition) is 1. The van der Waals surface area contributed by atoms with E-state index < -0.39 is 0 Å². The standard InChI is InChI=1S/C30H38N8O3/c1-5-20-7-6-14-41-29-24(17-31-36(29)4)23-15-21(19-35(3)28(23)40)27(39)33-30-32-25-9-8-22(16-26(25)38(30)18-20)37-12-10-34(2)11-13-37/h8-9,15-17,19-20H,5-7,10-14,18H2,1-4H3,(H,32,33,39). The highest BCUT2D eigenvalue weighted by Gasteiger charge is 2.23. The molecule has 1 aromatic carbocycles. The van der Waals surface area contributed by atoms with E-state index in [-0.39, 0.29) is 11.5 Å². The lowest BCUT2D eigenvalue weighted by molar-refractivity contribution is 0.102. The van der Waals surface area contributed by atoms with Crippen molar-refractivity contribution < 1.29 is 9.53 Å². The predicted molar refractivity (Wildman–Crippen MR) is 160 cm³/mol. The summed E-state index contributed by atoms with van der Waals surface area (Å²) in [5.41, 5.74) is 4.11. The second-order valence-electron chi connectivity index (χ2n) is 11.3. The minimum absolute atomic E-state index is 0.224. The van der Waals surface area contributed by atoms with E-state index in [2.05, 4.69) is 57.0 Å². The van der Waals surface area contributed by atoms with Crippen molar-refractivity contribution in [1.29, 1.82) is 0 Å². The highest BCUT2D eigenvalue weighted by atomic mass is 16.5. The maximum absolute atomic E-state index is 13.7. The van der Waals surface area contributed by atoms with E-state index in [0.29, 0.717) is 41.0 Å².